The average Bonchev–Trinajstić information content (AvgIpc) is 3.19. The molecule has 3 rings (SSSR count). The molecule has 1 aromatic carbocycles. The highest BCUT2D eigenvalue weighted by atomic mass is 32.2. The Balaban J connectivity index is 1.78. The summed E-state index contributed by atoms with van der Waals surface area (Å²) in [4.78, 5) is 12.0. The van der Waals surface area contributed by atoms with Crippen LogP contribution in [0.25, 0.3) is 0 Å². The van der Waals surface area contributed by atoms with Gasteiger partial charge in [-0.2, -0.15) is 4.31 Å². The zero-order chi connectivity index (χ0) is 19.7. The van der Waals surface area contributed by atoms with Gasteiger partial charge in [-0.15, -0.1) is 11.3 Å². The molecule has 0 radical (unpaired) electrons. The summed E-state index contributed by atoms with van der Waals surface area (Å²) in [5, 5.41) is 0.889. The van der Waals surface area contributed by atoms with Crippen molar-refractivity contribution in [3.05, 3.63) is 46.7 Å². The second-order valence-corrected chi connectivity index (χ2v) is 11.1. The van der Waals surface area contributed by atoms with Crippen molar-refractivity contribution in [1.82, 2.24) is 4.31 Å². The minimum Gasteiger partial charge on any atom is -0.465 e. The van der Waals surface area contributed by atoms with Crippen LogP contribution in [0.4, 0.5) is 0 Å². The molecule has 1 aromatic heterocycles. The van der Waals surface area contributed by atoms with Gasteiger partial charge in [-0.25, -0.2) is 21.6 Å². The van der Waals surface area contributed by atoms with Crippen molar-refractivity contribution in [3.8, 4) is 0 Å². The van der Waals surface area contributed by atoms with Gasteiger partial charge in [0.05, 0.1) is 17.3 Å². The summed E-state index contributed by atoms with van der Waals surface area (Å²) in [5.41, 5.74) is 0. The molecule has 1 aliphatic heterocycles. The first-order valence-electron chi connectivity index (χ1n) is 8.23. The number of carbonyl (C=O) groups excluding carboxylic acids is 1. The molecule has 2 aromatic rings. The number of thiophene rings is 1. The van der Waals surface area contributed by atoms with Gasteiger partial charge in [-0.05, 0) is 36.4 Å². The quantitative estimate of drug-likeness (QED) is 0.676. The molecule has 7 nitrogen and oxygen atoms in total. The van der Waals surface area contributed by atoms with Crippen LogP contribution in [0, 0.1) is 0 Å². The summed E-state index contributed by atoms with van der Waals surface area (Å²) in [7, 11) is -6.20. The van der Waals surface area contributed by atoms with Gasteiger partial charge in [0.1, 0.15) is 9.77 Å². The maximum Gasteiger partial charge on any atom is 0.349 e. The monoisotopic (exact) mass is 429 g/mol. The Morgan fingerprint density at radius 3 is 2.30 bits per heavy atom. The van der Waals surface area contributed by atoms with Crippen LogP contribution >= 0.6 is 11.3 Å². The van der Waals surface area contributed by atoms with Gasteiger partial charge < -0.3 is 4.74 Å². The van der Waals surface area contributed by atoms with E-state index < -0.39 is 31.1 Å². The molecule has 0 amide bonds. The summed E-state index contributed by atoms with van der Waals surface area (Å²) >= 11 is 0.999. The van der Waals surface area contributed by atoms with E-state index in [2.05, 4.69) is 4.74 Å². The molecular formula is C17H19NO6S3. The van der Waals surface area contributed by atoms with Crippen molar-refractivity contribution in [2.75, 3.05) is 20.2 Å². The zero-order valence-corrected chi connectivity index (χ0v) is 17.0. The lowest BCUT2D eigenvalue weighted by Crippen LogP contribution is -2.42. The smallest absolute Gasteiger partial charge is 0.349 e. The van der Waals surface area contributed by atoms with Gasteiger partial charge in [0.25, 0.3) is 0 Å². The lowest BCUT2D eigenvalue weighted by atomic mass is 10.2. The molecule has 0 unspecified atom stereocenters. The highest BCUT2D eigenvalue weighted by Crippen LogP contribution is 2.30. The van der Waals surface area contributed by atoms with E-state index in [1.165, 1.54) is 22.9 Å². The molecular weight excluding hydrogens is 410 g/mol. The van der Waals surface area contributed by atoms with Crippen molar-refractivity contribution in [2.24, 2.45) is 0 Å². The fourth-order valence-corrected chi connectivity index (χ4v) is 7.60. The van der Waals surface area contributed by atoms with Gasteiger partial charge in [0, 0.05) is 13.1 Å². The van der Waals surface area contributed by atoms with Crippen LogP contribution in [-0.2, 0) is 24.6 Å². The standard InChI is InChI=1S/C17H19NO6S3/c1-24-17(19)16-15(9-12-25-16)27(22,23)18-10-7-14(8-11-18)26(20,21)13-5-3-2-4-6-13/h2-6,9,12,14H,7-8,10-11H2,1H3. The van der Waals surface area contributed by atoms with Gasteiger partial charge in [-0.1, -0.05) is 18.2 Å². The molecule has 146 valence electrons. The van der Waals surface area contributed by atoms with E-state index in [0.717, 1.165) is 11.3 Å². The normalized spacial score (nSPS) is 16.9. The third-order valence-corrected chi connectivity index (χ3v) is 9.77. The maximum absolute atomic E-state index is 12.9. The Morgan fingerprint density at radius 2 is 1.70 bits per heavy atom. The van der Waals surface area contributed by atoms with E-state index in [-0.39, 0.29) is 40.6 Å². The number of esters is 1. The van der Waals surface area contributed by atoms with E-state index in [4.69, 9.17) is 0 Å². The molecule has 0 saturated carbocycles. The summed E-state index contributed by atoms with van der Waals surface area (Å²) in [6, 6.07) is 9.54. The number of sulfonamides is 1. The molecule has 1 saturated heterocycles. The lowest BCUT2D eigenvalue weighted by molar-refractivity contribution is 0.0602. The number of benzene rings is 1. The van der Waals surface area contributed by atoms with Crippen LogP contribution in [-0.4, -0.2) is 52.6 Å². The van der Waals surface area contributed by atoms with Crippen molar-refractivity contribution in [2.45, 2.75) is 27.9 Å². The molecule has 0 atom stereocenters. The minimum atomic E-state index is -3.89. The molecule has 0 spiro atoms. The Morgan fingerprint density at radius 1 is 1.07 bits per heavy atom. The highest BCUT2D eigenvalue weighted by molar-refractivity contribution is 7.92. The molecule has 10 heteroatoms. The van der Waals surface area contributed by atoms with Crippen LogP contribution in [0.5, 0.6) is 0 Å². The van der Waals surface area contributed by atoms with E-state index in [1.807, 2.05) is 0 Å². The number of piperidine rings is 1. The third-order valence-electron chi connectivity index (χ3n) is 4.53. The Kier molecular flexibility index (Phi) is 5.71. The zero-order valence-electron chi connectivity index (χ0n) is 14.6. The largest absolute Gasteiger partial charge is 0.465 e. The van der Waals surface area contributed by atoms with E-state index in [1.54, 1.807) is 30.3 Å². The van der Waals surface area contributed by atoms with Crippen molar-refractivity contribution in [1.29, 1.82) is 0 Å². The number of sulfone groups is 1. The van der Waals surface area contributed by atoms with Crippen LogP contribution in [0.2, 0.25) is 0 Å². The van der Waals surface area contributed by atoms with E-state index >= 15 is 0 Å². The predicted octanol–water partition coefficient (Wildman–Crippen LogP) is 2.16. The van der Waals surface area contributed by atoms with Gasteiger partial charge in [0.2, 0.25) is 10.0 Å². The molecule has 1 fully saturated rings. The summed E-state index contributed by atoms with van der Waals surface area (Å²) in [6.07, 6.45) is 0.405. The van der Waals surface area contributed by atoms with Crippen molar-refractivity contribution in [3.63, 3.8) is 0 Å². The number of ether oxygens (including phenoxy) is 1. The molecule has 1 aliphatic rings. The molecule has 0 bridgehead atoms. The lowest BCUT2D eigenvalue weighted by Gasteiger charge is -2.30. The Bertz CT molecular complexity index is 1020. The first-order chi connectivity index (χ1) is 12.8. The van der Waals surface area contributed by atoms with Crippen LogP contribution in [0.1, 0.15) is 22.5 Å². The summed E-state index contributed by atoms with van der Waals surface area (Å²) in [5.74, 6) is -0.704. The third kappa shape index (κ3) is 3.79. The van der Waals surface area contributed by atoms with E-state index in [0.29, 0.717) is 0 Å². The Hall–Kier alpha value is -1.75. The van der Waals surface area contributed by atoms with Crippen LogP contribution in [0.15, 0.2) is 51.6 Å². The van der Waals surface area contributed by atoms with E-state index in [9.17, 15) is 21.6 Å². The predicted molar refractivity (Wildman–Crippen MR) is 101 cm³/mol. The molecule has 27 heavy (non-hydrogen) atoms. The van der Waals surface area contributed by atoms with Gasteiger partial charge in [0.15, 0.2) is 9.84 Å². The first kappa shape index (κ1) is 20.0. The second kappa shape index (κ2) is 7.70. The fourth-order valence-electron chi connectivity index (χ4n) is 3.07. The number of hydrogen-bond acceptors (Lipinski definition) is 7. The molecule has 0 aliphatic carbocycles. The topological polar surface area (TPSA) is 97.8 Å². The van der Waals surface area contributed by atoms with Crippen molar-refractivity contribution < 1.29 is 26.4 Å². The second-order valence-electron chi connectivity index (χ2n) is 6.07. The minimum absolute atomic E-state index is 0.0246. The van der Waals surface area contributed by atoms with Crippen LogP contribution in [0.3, 0.4) is 0 Å². The fraction of sp³-hybridized carbons (Fsp3) is 0.353. The number of hydrogen-bond donors (Lipinski definition) is 0. The summed E-state index contributed by atoms with van der Waals surface area (Å²) < 4.78 is 57.1. The number of carbonyl (C=O) groups is 1. The van der Waals surface area contributed by atoms with Gasteiger partial charge >= 0.3 is 5.97 Å². The number of methoxy groups -OCH3 is 1. The average molecular weight is 430 g/mol. The SMILES string of the molecule is COC(=O)c1sccc1S(=O)(=O)N1CCC(S(=O)(=O)c2ccccc2)CC1. The first-order valence-corrected chi connectivity index (χ1v) is 12.1. The molecule has 0 N–H and O–H groups in total. The molecule has 2 heterocycles. The van der Waals surface area contributed by atoms with Crippen molar-refractivity contribution >= 4 is 37.2 Å². The highest BCUT2D eigenvalue weighted by Gasteiger charge is 2.37. The maximum atomic E-state index is 12.9. The summed E-state index contributed by atoms with van der Waals surface area (Å²) in [6.45, 7) is 0.158. The Labute approximate surface area is 162 Å². The number of nitrogens with zero attached hydrogens (tertiary/aromatic N) is 1. The van der Waals surface area contributed by atoms with Gasteiger partial charge in [-0.3, -0.25) is 0 Å². The van der Waals surface area contributed by atoms with Crippen LogP contribution < -0.4 is 0 Å². The number of rotatable bonds is 5.